The van der Waals surface area contributed by atoms with E-state index in [-0.39, 0.29) is 5.92 Å². The molecule has 2 nitrogen and oxygen atoms in total. The molecule has 3 aromatic rings. The van der Waals surface area contributed by atoms with Crippen LogP contribution >= 0.6 is 0 Å². The molecule has 0 fully saturated rings. The molecule has 0 saturated carbocycles. The number of halogens is 3. The Morgan fingerprint density at radius 3 is 2.12 bits per heavy atom. The smallest absolute Gasteiger partial charge is 0.384 e. The lowest BCUT2D eigenvalue weighted by atomic mass is 9.88. The largest absolute Gasteiger partial charge is 0.416 e. The molecular weight excluding hydrogens is 325 g/mol. The Hall–Kier alpha value is -2.82. The Morgan fingerprint density at radius 1 is 0.840 bits per heavy atom. The highest BCUT2D eigenvalue weighted by atomic mass is 19.4. The van der Waals surface area contributed by atoms with Crippen LogP contribution in [0.4, 0.5) is 19.0 Å². The zero-order chi connectivity index (χ0) is 17.9. The number of nitrogens with zero attached hydrogens (tertiary/aromatic N) is 1. The molecule has 5 heteroatoms. The van der Waals surface area contributed by atoms with Gasteiger partial charge in [-0.05, 0) is 41.8 Å². The standard InChI is InChI=1S/C20H17F3N2/c21-20(22,23)16-11-9-14(10-12-16)13-17(15-5-2-1-3-6-15)18-7-4-8-19(24)25-18/h1-12,17H,13H2,(H2,24,25). The van der Waals surface area contributed by atoms with Crippen LogP contribution in [0.3, 0.4) is 0 Å². The Kier molecular flexibility index (Phi) is 4.74. The number of aromatic nitrogens is 1. The second-order valence-electron chi connectivity index (χ2n) is 5.85. The molecule has 1 heterocycles. The summed E-state index contributed by atoms with van der Waals surface area (Å²) in [5, 5.41) is 0. The first-order valence-electron chi connectivity index (χ1n) is 7.87. The van der Waals surface area contributed by atoms with Gasteiger partial charge in [0.25, 0.3) is 0 Å². The van der Waals surface area contributed by atoms with E-state index in [1.807, 2.05) is 42.5 Å². The number of hydrogen-bond acceptors (Lipinski definition) is 2. The van der Waals surface area contributed by atoms with Gasteiger partial charge in [-0.3, -0.25) is 0 Å². The van der Waals surface area contributed by atoms with Gasteiger partial charge in [0, 0.05) is 5.92 Å². The molecule has 3 rings (SSSR count). The molecule has 0 amide bonds. The van der Waals surface area contributed by atoms with Crippen LogP contribution in [-0.4, -0.2) is 4.98 Å². The average Bonchev–Trinajstić information content (AvgIpc) is 2.60. The van der Waals surface area contributed by atoms with Crippen molar-refractivity contribution in [2.45, 2.75) is 18.5 Å². The molecule has 0 bridgehead atoms. The lowest BCUT2D eigenvalue weighted by molar-refractivity contribution is -0.137. The van der Waals surface area contributed by atoms with Crippen LogP contribution in [0.2, 0.25) is 0 Å². The fraction of sp³-hybridized carbons (Fsp3) is 0.150. The number of anilines is 1. The maximum absolute atomic E-state index is 12.7. The van der Waals surface area contributed by atoms with Crippen LogP contribution in [-0.2, 0) is 12.6 Å². The summed E-state index contributed by atoms with van der Waals surface area (Å²) in [6, 6.07) is 20.5. The first kappa shape index (κ1) is 17.0. The van der Waals surface area contributed by atoms with Crippen LogP contribution in [0, 0.1) is 0 Å². The van der Waals surface area contributed by atoms with Gasteiger partial charge in [-0.2, -0.15) is 13.2 Å². The maximum atomic E-state index is 12.7. The fourth-order valence-corrected chi connectivity index (χ4v) is 2.81. The van der Waals surface area contributed by atoms with Crippen molar-refractivity contribution in [3.8, 4) is 0 Å². The summed E-state index contributed by atoms with van der Waals surface area (Å²) in [7, 11) is 0. The average molecular weight is 342 g/mol. The highest BCUT2D eigenvalue weighted by molar-refractivity contribution is 5.37. The molecule has 2 aromatic carbocycles. The van der Waals surface area contributed by atoms with Crippen molar-refractivity contribution >= 4 is 5.82 Å². The summed E-state index contributed by atoms with van der Waals surface area (Å²) in [4.78, 5) is 4.40. The van der Waals surface area contributed by atoms with Crippen molar-refractivity contribution in [1.82, 2.24) is 4.98 Å². The van der Waals surface area contributed by atoms with E-state index < -0.39 is 11.7 Å². The van der Waals surface area contributed by atoms with E-state index in [9.17, 15) is 13.2 Å². The Labute approximate surface area is 144 Å². The number of nitrogens with two attached hydrogens (primary N) is 1. The van der Waals surface area contributed by atoms with Crippen LogP contribution in [0.15, 0.2) is 72.8 Å². The Bertz CT molecular complexity index is 828. The van der Waals surface area contributed by atoms with Crippen LogP contribution in [0.25, 0.3) is 0 Å². The van der Waals surface area contributed by atoms with Crippen LogP contribution in [0.1, 0.15) is 28.3 Å². The molecule has 128 valence electrons. The molecular formula is C20H17F3N2. The first-order chi connectivity index (χ1) is 11.9. The minimum Gasteiger partial charge on any atom is -0.384 e. The van der Waals surface area contributed by atoms with Gasteiger partial charge in [-0.15, -0.1) is 0 Å². The topological polar surface area (TPSA) is 38.9 Å². The summed E-state index contributed by atoms with van der Waals surface area (Å²) < 4.78 is 38.2. The molecule has 0 aliphatic heterocycles. The molecule has 1 unspecified atom stereocenters. The quantitative estimate of drug-likeness (QED) is 0.720. The SMILES string of the molecule is Nc1cccc(C(Cc2ccc(C(F)(F)F)cc2)c2ccccc2)n1. The third-order valence-corrected chi connectivity index (χ3v) is 4.07. The van der Waals surface area contributed by atoms with Gasteiger partial charge >= 0.3 is 6.18 Å². The monoisotopic (exact) mass is 342 g/mol. The lowest BCUT2D eigenvalue weighted by Crippen LogP contribution is -2.09. The summed E-state index contributed by atoms with van der Waals surface area (Å²) in [5.41, 5.74) is 7.81. The lowest BCUT2D eigenvalue weighted by Gasteiger charge is -2.18. The second-order valence-corrected chi connectivity index (χ2v) is 5.85. The molecule has 0 radical (unpaired) electrons. The van der Waals surface area contributed by atoms with Crippen LogP contribution in [0.5, 0.6) is 0 Å². The molecule has 0 aliphatic carbocycles. The molecule has 0 spiro atoms. The minimum absolute atomic E-state index is 0.0820. The van der Waals surface area contributed by atoms with E-state index in [1.54, 1.807) is 6.07 Å². The van der Waals surface area contributed by atoms with E-state index in [2.05, 4.69) is 4.98 Å². The van der Waals surface area contributed by atoms with Gasteiger partial charge in [0.15, 0.2) is 0 Å². The number of pyridine rings is 1. The van der Waals surface area contributed by atoms with Gasteiger partial charge in [0.1, 0.15) is 5.82 Å². The Balaban J connectivity index is 1.93. The molecule has 2 N–H and O–H groups in total. The van der Waals surface area contributed by atoms with Crippen molar-refractivity contribution in [2.75, 3.05) is 5.73 Å². The highest BCUT2D eigenvalue weighted by Gasteiger charge is 2.30. The molecule has 1 aromatic heterocycles. The van der Waals surface area contributed by atoms with Gasteiger partial charge in [0.2, 0.25) is 0 Å². The number of benzene rings is 2. The fourth-order valence-electron chi connectivity index (χ4n) is 2.81. The second kappa shape index (κ2) is 6.97. The van der Waals surface area contributed by atoms with Gasteiger partial charge in [0.05, 0.1) is 11.3 Å². The molecule has 0 aliphatic rings. The zero-order valence-corrected chi connectivity index (χ0v) is 13.4. The predicted molar refractivity (Wildman–Crippen MR) is 92.1 cm³/mol. The van der Waals surface area contributed by atoms with Crippen molar-refractivity contribution in [3.63, 3.8) is 0 Å². The van der Waals surface area contributed by atoms with E-state index in [0.29, 0.717) is 12.2 Å². The summed E-state index contributed by atoms with van der Waals surface area (Å²) in [5.74, 6) is 0.340. The first-order valence-corrected chi connectivity index (χ1v) is 7.87. The van der Waals surface area contributed by atoms with E-state index >= 15 is 0 Å². The zero-order valence-electron chi connectivity index (χ0n) is 13.4. The number of hydrogen-bond donors (Lipinski definition) is 1. The number of rotatable bonds is 4. The predicted octanol–water partition coefficient (Wildman–Crippen LogP) is 5.06. The number of nitrogen functional groups attached to an aromatic ring is 1. The van der Waals surface area contributed by atoms with Gasteiger partial charge < -0.3 is 5.73 Å². The van der Waals surface area contributed by atoms with Crippen molar-refractivity contribution in [3.05, 3.63) is 95.2 Å². The van der Waals surface area contributed by atoms with Crippen LogP contribution < -0.4 is 5.73 Å². The molecule has 25 heavy (non-hydrogen) atoms. The number of alkyl halides is 3. The van der Waals surface area contributed by atoms with Gasteiger partial charge in [-0.1, -0.05) is 48.5 Å². The van der Waals surface area contributed by atoms with E-state index in [0.717, 1.165) is 29.0 Å². The van der Waals surface area contributed by atoms with Crippen molar-refractivity contribution in [2.24, 2.45) is 0 Å². The normalized spacial score (nSPS) is 12.8. The third kappa shape index (κ3) is 4.18. The van der Waals surface area contributed by atoms with E-state index in [1.165, 1.54) is 12.1 Å². The molecule has 0 saturated heterocycles. The summed E-state index contributed by atoms with van der Waals surface area (Å²) in [6.45, 7) is 0. The third-order valence-electron chi connectivity index (χ3n) is 4.07. The molecule has 1 atom stereocenters. The minimum atomic E-state index is -4.33. The summed E-state index contributed by atoms with van der Waals surface area (Å²) in [6.07, 6.45) is -3.79. The summed E-state index contributed by atoms with van der Waals surface area (Å²) >= 11 is 0. The highest BCUT2D eigenvalue weighted by Crippen LogP contribution is 2.31. The van der Waals surface area contributed by atoms with E-state index in [4.69, 9.17) is 5.73 Å². The van der Waals surface area contributed by atoms with Crippen molar-refractivity contribution < 1.29 is 13.2 Å². The maximum Gasteiger partial charge on any atom is 0.416 e. The Morgan fingerprint density at radius 2 is 1.52 bits per heavy atom. The van der Waals surface area contributed by atoms with Crippen molar-refractivity contribution in [1.29, 1.82) is 0 Å². The van der Waals surface area contributed by atoms with Gasteiger partial charge in [-0.25, -0.2) is 4.98 Å².